The molecule has 1 aliphatic carbocycles. The lowest BCUT2D eigenvalue weighted by atomic mass is 9.89. The van der Waals surface area contributed by atoms with Crippen molar-refractivity contribution < 1.29 is 9.90 Å². The molecule has 0 radical (unpaired) electrons. The van der Waals surface area contributed by atoms with Gasteiger partial charge in [0.05, 0.1) is 17.0 Å². The maximum absolute atomic E-state index is 12.0. The van der Waals surface area contributed by atoms with Gasteiger partial charge in [0.25, 0.3) is 5.91 Å². The Labute approximate surface area is 124 Å². The lowest BCUT2D eigenvalue weighted by molar-refractivity contribution is 0.0944. The molecule has 2 rings (SSSR count). The van der Waals surface area contributed by atoms with Gasteiger partial charge in [-0.25, -0.2) is 0 Å². The van der Waals surface area contributed by atoms with Gasteiger partial charge >= 0.3 is 0 Å². The molecule has 3 nitrogen and oxygen atoms in total. The maximum Gasteiger partial charge on any atom is 0.252 e. The first-order chi connectivity index (χ1) is 9.79. The van der Waals surface area contributed by atoms with Gasteiger partial charge in [0.15, 0.2) is 0 Å². The predicted octanol–water partition coefficient (Wildman–Crippen LogP) is 2.79. The van der Waals surface area contributed by atoms with Crippen molar-refractivity contribution in [3.63, 3.8) is 0 Å². The summed E-state index contributed by atoms with van der Waals surface area (Å²) in [5.74, 6) is 6.47. The number of amides is 1. The average Bonchev–Trinajstić information content (AvgIpc) is 2.95. The van der Waals surface area contributed by atoms with Crippen LogP contribution in [0.1, 0.15) is 53.8 Å². The molecular formula is C16H21NO2S. The third-order valence-corrected chi connectivity index (χ3v) is 4.43. The standard InChI is InChI=1S/C16H21NO2S/c18-9-5-4-8-15-10-14(12-20-15)16(19)17-11-13-6-2-1-3-7-13/h10,12-13,18H,1-3,5-7,9,11H2,(H,17,19). The molecule has 1 saturated carbocycles. The Bertz CT molecular complexity index is 492. The van der Waals surface area contributed by atoms with E-state index in [1.807, 2.05) is 11.4 Å². The van der Waals surface area contributed by atoms with E-state index in [9.17, 15) is 4.79 Å². The molecule has 0 aliphatic heterocycles. The summed E-state index contributed by atoms with van der Waals surface area (Å²) < 4.78 is 0. The van der Waals surface area contributed by atoms with E-state index in [0.717, 1.165) is 11.4 Å². The maximum atomic E-state index is 12.0. The van der Waals surface area contributed by atoms with Crippen molar-refractivity contribution in [2.45, 2.75) is 38.5 Å². The van der Waals surface area contributed by atoms with Crippen LogP contribution in [0.2, 0.25) is 0 Å². The third kappa shape index (κ3) is 4.66. The van der Waals surface area contributed by atoms with Gasteiger partial charge in [-0.3, -0.25) is 4.79 Å². The summed E-state index contributed by atoms with van der Waals surface area (Å²) in [6.45, 7) is 0.868. The van der Waals surface area contributed by atoms with Crippen molar-refractivity contribution in [3.05, 3.63) is 21.9 Å². The van der Waals surface area contributed by atoms with Crippen LogP contribution in [0.3, 0.4) is 0 Å². The van der Waals surface area contributed by atoms with Crippen LogP contribution < -0.4 is 5.32 Å². The zero-order chi connectivity index (χ0) is 14.2. The molecule has 0 bridgehead atoms. The normalized spacial score (nSPS) is 15.4. The summed E-state index contributed by atoms with van der Waals surface area (Å²) in [7, 11) is 0. The molecule has 0 saturated heterocycles. The minimum atomic E-state index is 0.00188. The topological polar surface area (TPSA) is 49.3 Å². The van der Waals surface area contributed by atoms with E-state index in [2.05, 4.69) is 17.2 Å². The van der Waals surface area contributed by atoms with Crippen molar-refractivity contribution >= 4 is 17.2 Å². The van der Waals surface area contributed by atoms with Crippen molar-refractivity contribution in [2.75, 3.05) is 13.2 Å². The molecule has 108 valence electrons. The fourth-order valence-corrected chi connectivity index (χ4v) is 3.21. The number of aliphatic hydroxyl groups excluding tert-OH is 1. The minimum Gasteiger partial charge on any atom is -0.395 e. The molecule has 2 N–H and O–H groups in total. The van der Waals surface area contributed by atoms with Crippen LogP contribution in [-0.4, -0.2) is 24.2 Å². The van der Waals surface area contributed by atoms with Crippen LogP contribution in [0.5, 0.6) is 0 Å². The molecule has 0 aromatic carbocycles. The first-order valence-electron chi connectivity index (χ1n) is 7.26. The molecule has 1 aromatic heterocycles. The summed E-state index contributed by atoms with van der Waals surface area (Å²) in [5.41, 5.74) is 0.694. The van der Waals surface area contributed by atoms with Crippen LogP contribution in [0, 0.1) is 17.8 Å². The molecule has 1 aliphatic rings. The number of hydrogen-bond acceptors (Lipinski definition) is 3. The molecular weight excluding hydrogens is 270 g/mol. The number of nitrogens with one attached hydrogen (secondary N) is 1. The van der Waals surface area contributed by atoms with Crippen molar-refractivity contribution in [3.8, 4) is 11.8 Å². The van der Waals surface area contributed by atoms with Gasteiger partial charge in [-0.15, -0.1) is 11.3 Å². The van der Waals surface area contributed by atoms with Gasteiger partial charge in [0.1, 0.15) is 0 Å². The molecule has 0 atom stereocenters. The second kappa shape index (κ2) is 8.08. The highest BCUT2D eigenvalue weighted by Gasteiger charge is 2.15. The van der Waals surface area contributed by atoms with Crippen molar-refractivity contribution in [1.29, 1.82) is 0 Å². The van der Waals surface area contributed by atoms with E-state index in [4.69, 9.17) is 5.11 Å². The summed E-state index contributed by atoms with van der Waals surface area (Å²) in [5, 5.41) is 13.5. The van der Waals surface area contributed by atoms with Crippen LogP contribution in [-0.2, 0) is 0 Å². The Morgan fingerprint density at radius 3 is 2.95 bits per heavy atom. The Kier molecular flexibility index (Phi) is 6.10. The van der Waals surface area contributed by atoms with Gasteiger partial charge in [-0.05, 0) is 24.8 Å². The fourth-order valence-electron chi connectivity index (χ4n) is 2.46. The number of carbonyl (C=O) groups excluding carboxylic acids is 1. The fraction of sp³-hybridized carbons (Fsp3) is 0.562. The third-order valence-electron chi connectivity index (χ3n) is 3.59. The molecule has 1 heterocycles. The highest BCUT2D eigenvalue weighted by Crippen LogP contribution is 2.23. The van der Waals surface area contributed by atoms with Crippen LogP contribution >= 0.6 is 11.3 Å². The van der Waals surface area contributed by atoms with Gasteiger partial charge in [-0.2, -0.15) is 0 Å². The smallest absolute Gasteiger partial charge is 0.252 e. The molecule has 0 spiro atoms. The Morgan fingerprint density at radius 2 is 2.20 bits per heavy atom. The summed E-state index contributed by atoms with van der Waals surface area (Å²) >= 11 is 1.47. The predicted molar refractivity (Wildman–Crippen MR) is 81.8 cm³/mol. The zero-order valence-electron chi connectivity index (χ0n) is 11.7. The van der Waals surface area contributed by atoms with Gasteiger partial charge in [-0.1, -0.05) is 31.1 Å². The van der Waals surface area contributed by atoms with E-state index in [1.165, 1.54) is 43.4 Å². The van der Waals surface area contributed by atoms with Crippen molar-refractivity contribution in [1.82, 2.24) is 5.32 Å². The van der Waals surface area contributed by atoms with E-state index in [-0.39, 0.29) is 12.5 Å². The summed E-state index contributed by atoms with van der Waals surface area (Å²) in [6, 6.07) is 1.82. The average molecular weight is 291 g/mol. The molecule has 1 amide bonds. The lowest BCUT2D eigenvalue weighted by Crippen LogP contribution is -2.29. The van der Waals surface area contributed by atoms with Gasteiger partial charge < -0.3 is 10.4 Å². The minimum absolute atomic E-state index is 0.00188. The Balaban J connectivity index is 1.81. The molecule has 4 heteroatoms. The zero-order valence-corrected chi connectivity index (χ0v) is 12.5. The largest absolute Gasteiger partial charge is 0.395 e. The van der Waals surface area contributed by atoms with Gasteiger partial charge in [0.2, 0.25) is 0 Å². The Hall–Kier alpha value is -1.31. The molecule has 1 aromatic rings. The van der Waals surface area contributed by atoms with Crippen LogP contribution in [0.15, 0.2) is 11.4 Å². The number of hydrogen-bond donors (Lipinski definition) is 2. The highest BCUT2D eigenvalue weighted by atomic mass is 32.1. The quantitative estimate of drug-likeness (QED) is 0.838. The van der Waals surface area contributed by atoms with Crippen LogP contribution in [0.25, 0.3) is 0 Å². The second-order valence-corrected chi connectivity index (χ2v) is 6.10. The molecule has 20 heavy (non-hydrogen) atoms. The summed E-state index contributed by atoms with van der Waals surface area (Å²) in [4.78, 5) is 12.9. The Morgan fingerprint density at radius 1 is 1.40 bits per heavy atom. The monoisotopic (exact) mass is 291 g/mol. The first kappa shape index (κ1) is 15.1. The molecule has 1 fully saturated rings. The first-order valence-corrected chi connectivity index (χ1v) is 8.14. The van der Waals surface area contributed by atoms with E-state index < -0.39 is 0 Å². The number of carbonyl (C=O) groups is 1. The molecule has 0 unspecified atom stereocenters. The number of aliphatic hydroxyl groups is 1. The highest BCUT2D eigenvalue weighted by molar-refractivity contribution is 7.10. The second-order valence-electron chi connectivity index (χ2n) is 5.19. The lowest BCUT2D eigenvalue weighted by Gasteiger charge is -2.21. The summed E-state index contributed by atoms with van der Waals surface area (Å²) in [6.07, 6.45) is 6.88. The van der Waals surface area contributed by atoms with E-state index in [0.29, 0.717) is 17.9 Å². The van der Waals surface area contributed by atoms with E-state index in [1.54, 1.807) is 0 Å². The van der Waals surface area contributed by atoms with Crippen LogP contribution in [0.4, 0.5) is 0 Å². The number of thiophene rings is 1. The number of rotatable bonds is 4. The van der Waals surface area contributed by atoms with Crippen molar-refractivity contribution in [2.24, 2.45) is 5.92 Å². The SMILES string of the molecule is O=C(NCC1CCCCC1)c1csc(C#CCCO)c1. The van der Waals surface area contributed by atoms with E-state index >= 15 is 0 Å². The van der Waals surface area contributed by atoms with Gasteiger partial charge in [0, 0.05) is 18.3 Å².